The van der Waals surface area contributed by atoms with Crippen molar-refractivity contribution in [1.29, 1.82) is 0 Å². The van der Waals surface area contributed by atoms with Gasteiger partial charge in [0.1, 0.15) is 12.3 Å². The molecule has 0 spiro atoms. The number of aromatic hydroxyl groups is 1. The predicted octanol–water partition coefficient (Wildman–Crippen LogP) is 1.02. The Morgan fingerprint density at radius 1 is 1.27 bits per heavy atom. The highest BCUT2D eigenvalue weighted by molar-refractivity contribution is 5.75. The van der Waals surface area contributed by atoms with Gasteiger partial charge in [0.05, 0.1) is 18.3 Å². The minimum absolute atomic E-state index is 0.0866. The largest absolute Gasteiger partial charge is 0.508 e. The maximum absolute atomic E-state index is 12.4. The Hall–Kier alpha value is -2.67. The van der Waals surface area contributed by atoms with Gasteiger partial charge in [-0.15, -0.1) is 0 Å². The lowest BCUT2D eigenvalue weighted by molar-refractivity contribution is -0.132. The average Bonchev–Trinajstić information content (AvgIpc) is 2.62. The molecule has 1 aliphatic carbocycles. The molecule has 3 rings (SSSR count). The topological polar surface area (TPSA) is 95.7 Å². The highest BCUT2D eigenvalue weighted by Crippen LogP contribution is 2.18. The number of amides is 1. The number of fused-ring (bicyclic) bond motifs is 1. The molecule has 138 valence electrons. The van der Waals surface area contributed by atoms with Crippen LogP contribution in [0.4, 0.5) is 0 Å². The molecule has 1 unspecified atom stereocenters. The molecule has 2 aromatic rings. The number of rotatable bonds is 5. The van der Waals surface area contributed by atoms with Gasteiger partial charge in [0, 0.05) is 13.1 Å². The van der Waals surface area contributed by atoms with Crippen LogP contribution in [0.15, 0.2) is 35.1 Å². The van der Waals surface area contributed by atoms with Crippen molar-refractivity contribution in [2.75, 3.05) is 13.6 Å². The number of phenolic OH excluding ortho intramolecular Hbond substituents is 1. The van der Waals surface area contributed by atoms with Crippen LogP contribution in [0.25, 0.3) is 0 Å². The van der Waals surface area contributed by atoms with E-state index in [1.807, 2.05) is 0 Å². The first-order valence-corrected chi connectivity index (χ1v) is 8.75. The van der Waals surface area contributed by atoms with E-state index in [1.165, 1.54) is 21.7 Å². The van der Waals surface area contributed by atoms with Gasteiger partial charge < -0.3 is 15.1 Å². The number of likely N-dealkylation sites (N-methyl/N-ethyl adjacent to an activating group) is 1. The molecule has 1 aliphatic rings. The van der Waals surface area contributed by atoms with Crippen LogP contribution < -0.4 is 5.56 Å². The molecular weight excluding hydrogens is 334 g/mol. The van der Waals surface area contributed by atoms with Crippen LogP contribution >= 0.6 is 0 Å². The van der Waals surface area contributed by atoms with Crippen molar-refractivity contribution in [1.82, 2.24) is 14.7 Å². The summed E-state index contributed by atoms with van der Waals surface area (Å²) in [6.45, 7) is -0.0613. The summed E-state index contributed by atoms with van der Waals surface area (Å²) in [7, 11) is 1.58. The Balaban J connectivity index is 1.65. The lowest BCUT2D eigenvalue weighted by Gasteiger charge is -2.22. The maximum Gasteiger partial charge on any atom is 0.267 e. The molecular formula is C19H23N3O4. The van der Waals surface area contributed by atoms with Gasteiger partial charge in [-0.05, 0) is 48.9 Å². The SMILES string of the molecule is CN(CC(O)c1ccc(O)cc1)C(=O)Cn1nc2c(cc1=O)CCCC2. The van der Waals surface area contributed by atoms with Crippen molar-refractivity contribution in [2.24, 2.45) is 0 Å². The average molecular weight is 357 g/mol. The van der Waals surface area contributed by atoms with Gasteiger partial charge in [0.25, 0.3) is 5.56 Å². The zero-order valence-electron chi connectivity index (χ0n) is 14.8. The van der Waals surface area contributed by atoms with Crippen LogP contribution in [0.1, 0.15) is 35.8 Å². The summed E-state index contributed by atoms with van der Waals surface area (Å²) in [5.74, 6) is -0.184. The van der Waals surface area contributed by atoms with Gasteiger partial charge in [-0.1, -0.05) is 12.1 Å². The Morgan fingerprint density at radius 2 is 1.96 bits per heavy atom. The molecule has 0 bridgehead atoms. The number of nitrogens with zero attached hydrogens (tertiary/aromatic N) is 3. The first-order valence-electron chi connectivity index (χ1n) is 8.75. The van der Waals surface area contributed by atoms with Crippen LogP contribution in [0.2, 0.25) is 0 Å². The third-order valence-corrected chi connectivity index (χ3v) is 4.71. The minimum Gasteiger partial charge on any atom is -0.508 e. The number of hydrogen-bond donors (Lipinski definition) is 2. The molecule has 26 heavy (non-hydrogen) atoms. The maximum atomic E-state index is 12.4. The highest BCUT2D eigenvalue weighted by atomic mass is 16.3. The fourth-order valence-corrected chi connectivity index (χ4v) is 3.13. The van der Waals surface area contributed by atoms with E-state index in [1.54, 1.807) is 25.2 Å². The second-order valence-electron chi connectivity index (χ2n) is 6.70. The van der Waals surface area contributed by atoms with Crippen LogP contribution in [0, 0.1) is 0 Å². The molecule has 2 N–H and O–H groups in total. The highest BCUT2D eigenvalue weighted by Gasteiger charge is 2.18. The second kappa shape index (κ2) is 7.70. The molecule has 0 saturated heterocycles. The Bertz CT molecular complexity index is 845. The monoisotopic (exact) mass is 357 g/mol. The number of aryl methyl sites for hydroxylation is 2. The minimum atomic E-state index is -0.877. The van der Waals surface area contributed by atoms with Crippen LogP contribution in [-0.4, -0.2) is 44.4 Å². The van der Waals surface area contributed by atoms with Gasteiger partial charge >= 0.3 is 0 Å². The van der Waals surface area contributed by atoms with E-state index < -0.39 is 6.10 Å². The smallest absolute Gasteiger partial charge is 0.267 e. The van der Waals surface area contributed by atoms with Crippen LogP contribution in [-0.2, 0) is 24.2 Å². The van der Waals surface area contributed by atoms with Crippen molar-refractivity contribution < 1.29 is 15.0 Å². The summed E-state index contributed by atoms with van der Waals surface area (Å²) in [5.41, 5.74) is 2.22. The molecule has 1 aromatic heterocycles. The normalized spacial score (nSPS) is 14.5. The van der Waals surface area contributed by atoms with E-state index in [0.29, 0.717) is 5.56 Å². The van der Waals surface area contributed by atoms with E-state index >= 15 is 0 Å². The zero-order valence-corrected chi connectivity index (χ0v) is 14.8. The number of phenols is 1. The summed E-state index contributed by atoms with van der Waals surface area (Å²) >= 11 is 0. The number of aromatic nitrogens is 2. The number of carbonyl (C=O) groups excluding carboxylic acids is 1. The first-order chi connectivity index (χ1) is 12.4. The molecule has 0 saturated carbocycles. The Labute approximate surface area is 151 Å². The number of hydrogen-bond acceptors (Lipinski definition) is 5. The lowest BCUT2D eigenvalue weighted by Crippen LogP contribution is -2.37. The number of carbonyl (C=O) groups is 1. The summed E-state index contributed by atoms with van der Waals surface area (Å²) in [6, 6.07) is 7.76. The van der Waals surface area contributed by atoms with E-state index in [9.17, 15) is 19.8 Å². The molecule has 0 fully saturated rings. The molecule has 1 aromatic carbocycles. The fourth-order valence-electron chi connectivity index (χ4n) is 3.13. The molecule has 7 nitrogen and oxygen atoms in total. The third kappa shape index (κ3) is 4.11. The van der Waals surface area contributed by atoms with Crippen molar-refractivity contribution in [3.63, 3.8) is 0 Å². The van der Waals surface area contributed by atoms with Gasteiger partial charge in [-0.3, -0.25) is 9.59 Å². The fraction of sp³-hybridized carbons (Fsp3) is 0.421. The van der Waals surface area contributed by atoms with Crippen molar-refractivity contribution in [3.05, 3.63) is 57.5 Å². The second-order valence-corrected chi connectivity index (χ2v) is 6.70. The zero-order chi connectivity index (χ0) is 18.7. The van der Waals surface area contributed by atoms with Crippen molar-refractivity contribution >= 4 is 5.91 Å². The molecule has 0 aliphatic heterocycles. The van der Waals surface area contributed by atoms with Gasteiger partial charge in [-0.25, -0.2) is 4.68 Å². The third-order valence-electron chi connectivity index (χ3n) is 4.71. The quantitative estimate of drug-likeness (QED) is 0.833. The number of benzene rings is 1. The van der Waals surface area contributed by atoms with Gasteiger partial charge in [0.2, 0.25) is 5.91 Å². The predicted molar refractivity (Wildman–Crippen MR) is 95.8 cm³/mol. The van der Waals surface area contributed by atoms with Crippen LogP contribution in [0.5, 0.6) is 5.75 Å². The summed E-state index contributed by atoms with van der Waals surface area (Å²) in [6.07, 6.45) is 2.93. The Kier molecular flexibility index (Phi) is 5.37. The van der Waals surface area contributed by atoms with Crippen LogP contribution in [0.3, 0.4) is 0 Å². The lowest BCUT2D eigenvalue weighted by atomic mass is 9.97. The number of aliphatic hydroxyl groups is 1. The van der Waals surface area contributed by atoms with Crippen molar-refractivity contribution in [2.45, 2.75) is 38.3 Å². The molecule has 1 atom stereocenters. The molecule has 1 amide bonds. The van der Waals surface area contributed by atoms with E-state index in [4.69, 9.17) is 0 Å². The van der Waals surface area contributed by atoms with Crippen molar-refractivity contribution in [3.8, 4) is 5.75 Å². The van der Waals surface area contributed by atoms with E-state index in [0.717, 1.165) is 36.9 Å². The first kappa shape index (κ1) is 18.1. The summed E-state index contributed by atoms with van der Waals surface area (Å²) < 4.78 is 1.20. The Morgan fingerprint density at radius 3 is 2.69 bits per heavy atom. The van der Waals surface area contributed by atoms with E-state index in [-0.39, 0.29) is 30.3 Å². The molecule has 7 heteroatoms. The number of aliphatic hydroxyl groups excluding tert-OH is 1. The summed E-state index contributed by atoms with van der Waals surface area (Å²) in [5, 5.41) is 23.9. The summed E-state index contributed by atoms with van der Waals surface area (Å²) in [4.78, 5) is 26.0. The van der Waals surface area contributed by atoms with Gasteiger partial charge in [0.15, 0.2) is 0 Å². The molecule has 1 heterocycles. The van der Waals surface area contributed by atoms with Gasteiger partial charge in [-0.2, -0.15) is 5.10 Å². The standard InChI is InChI=1S/C19H23N3O4/c1-21(11-17(24)13-6-8-15(23)9-7-13)19(26)12-22-18(25)10-14-4-2-3-5-16(14)20-22/h6-10,17,23-24H,2-5,11-12H2,1H3. The molecule has 0 radical (unpaired) electrons. The van der Waals surface area contributed by atoms with E-state index in [2.05, 4.69) is 5.10 Å².